The number of piperazine rings is 1. The Bertz CT molecular complexity index is 2500. The van der Waals surface area contributed by atoms with Crippen molar-refractivity contribution in [1.29, 1.82) is 0 Å². The number of anilines is 3. The number of benzene rings is 3. The SMILES string of the molecule is O=C1CC[C@@H](Nc2ccc(C3CCN(CCN4CCN(c5ccc(-c6cc(F)c7c(c6)C(=O)N(C(C(=O)Nc6nccs6)c6ncn8c6CCC8)C7)cc5)CC4)CC3)cc2)C(=O)N1. The van der Waals surface area contributed by atoms with Crippen molar-refractivity contribution in [1.82, 2.24) is 34.6 Å². The quantitative estimate of drug-likeness (QED) is 0.135. The van der Waals surface area contributed by atoms with Crippen molar-refractivity contribution in [2.45, 2.75) is 69.6 Å². The maximum absolute atomic E-state index is 15.9. The highest BCUT2D eigenvalue weighted by Crippen LogP contribution is 2.38. The van der Waals surface area contributed by atoms with E-state index in [1.807, 2.05) is 28.8 Å². The number of carbonyl (C=O) groups is 4. The molecule has 326 valence electrons. The molecule has 14 nitrogen and oxygen atoms in total. The maximum Gasteiger partial charge on any atom is 0.255 e. The van der Waals surface area contributed by atoms with E-state index in [1.165, 1.54) is 27.9 Å². The molecule has 5 aliphatic heterocycles. The van der Waals surface area contributed by atoms with Crippen LogP contribution in [0.15, 0.2) is 78.6 Å². The predicted molar refractivity (Wildman–Crippen MR) is 239 cm³/mol. The van der Waals surface area contributed by atoms with Crippen molar-refractivity contribution in [3.8, 4) is 11.1 Å². The largest absolute Gasteiger partial charge is 0.374 e. The minimum atomic E-state index is -1.03. The van der Waals surface area contributed by atoms with Crippen LogP contribution in [0.2, 0.25) is 0 Å². The van der Waals surface area contributed by atoms with Crippen LogP contribution in [-0.2, 0) is 33.9 Å². The number of nitrogens with one attached hydrogen (secondary N) is 3. The molecule has 3 N–H and O–H groups in total. The van der Waals surface area contributed by atoms with Crippen LogP contribution >= 0.6 is 11.3 Å². The first-order valence-corrected chi connectivity index (χ1v) is 23.0. The van der Waals surface area contributed by atoms with Gasteiger partial charge in [-0.05, 0) is 104 Å². The van der Waals surface area contributed by atoms with Gasteiger partial charge in [0.25, 0.3) is 11.8 Å². The second kappa shape index (κ2) is 17.7. The number of imide groups is 1. The van der Waals surface area contributed by atoms with Crippen molar-refractivity contribution in [2.75, 3.05) is 67.9 Å². The van der Waals surface area contributed by atoms with E-state index >= 15 is 4.39 Å². The van der Waals surface area contributed by atoms with E-state index in [-0.39, 0.29) is 35.5 Å². The summed E-state index contributed by atoms with van der Waals surface area (Å²) in [6, 6.07) is 18.4. The summed E-state index contributed by atoms with van der Waals surface area (Å²) in [6.45, 7) is 8.83. The van der Waals surface area contributed by atoms with E-state index in [9.17, 15) is 19.2 Å². The van der Waals surface area contributed by atoms with Gasteiger partial charge >= 0.3 is 0 Å². The van der Waals surface area contributed by atoms with Gasteiger partial charge in [-0.15, -0.1) is 11.3 Å². The summed E-state index contributed by atoms with van der Waals surface area (Å²) in [7, 11) is 0. The number of halogens is 1. The number of amides is 4. The van der Waals surface area contributed by atoms with Gasteiger partial charge in [0, 0.05) is 92.0 Å². The van der Waals surface area contributed by atoms with Crippen LogP contribution in [0, 0.1) is 5.82 Å². The highest BCUT2D eigenvalue weighted by molar-refractivity contribution is 7.13. The van der Waals surface area contributed by atoms with Crippen molar-refractivity contribution in [3.05, 3.63) is 112 Å². The summed E-state index contributed by atoms with van der Waals surface area (Å²) in [4.78, 5) is 69.4. The topological polar surface area (TPSA) is 148 Å². The second-order valence-corrected chi connectivity index (χ2v) is 18.2. The minimum Gasteiger partial charge on any atom is -0.374 e. The molecule has 16 heteroatoms. The molecule has 5 aromatic rings. The third-order valence-corrected chi connectivity index (χ3v) is 14.2. The van der Waals surface area contributed by atoms with E-state index in [1.54, 1.807) is 24.0 Å². The van der Waals surface area contributed by atoms with Gasteiger partial charge in [0.2, 0.25) is 11.8 Å². The molecule has 63 heavy (non-hydrogen) atoms. The third kappa shape index (κ3) is 8.59. The lowest BCUT2D eigenvalue weighted by molar-refractivity contribution is -0.133. The summed E-state index contributed by atoms with van der Waals surface area (Å²) in [5.74, 6) is -1.22. The number of carbonyl (C=O) groups excluding carboxylic acids is 4. The number of aryl methyl sites for hydroxylation is 1. The zero-order valence-corrected chi connectivity index (χ0v) is 35.9. The van der Waals surface area contributed by atoms with E-state index < -0.39 is 23.7 Å². The number of hydrogen-bond donors (Lipinski definition) is 3. The van der Waals surface area contributed by atoms with Crippen LogP contribution < -0.4 is 20.9 Å². The van der Waals surface area contributed by atoms with Gasteiger partial charge in [0.1, 0.15) is 11.9 Å². The third-order valence-electron chi connectivity index (χ3n) is 13.5. The molecule has 2 aromatic heterocycles. The number of aromatic nitrogens is 3. The number of rotatable bonds is 12. The summed E-state index contributed by atoms with van der Waals surface area (Å²) in [5, 5.41) is 10.7. The Balaban J connectivity index is 0.710. The lowest BCUT2D eigenvalue weighted by Gasteiger charge is -2.38. The van der Waals surface area contributed by atoms with Gasteiger partial charge in [0.15, 0.2) is 11.2 Å². The van der Waals surface area contributed by atoms with Gasteiger partial charge in [-0.3, -0.25) is 34.7 Å². The molecule has 3 fully saturated rings. The normalized spacial score (nSPS) is 20.1. The number of likely N-dealkylation sites (tertiary alicyclic amines) is 1. The molecule has 3 saturated heterocycles. The van der Waals surface area contributed by atoms with Crippen LogP contribution in [0.4, 0.5) is 20.9 Å². The fourth-order valence-corrected chi connectivity index (χ4v) is 10.4. The molecule has 4 amide bonds. The fourth-order valence-electron chi connectivity index (χ4n) is 9.92. The number of hydrogen-bond acceptors (Lipinski definition) is 11. The molecule has 0 spiro atoms. The first kappa shape index (κ1) is 41.1. The molecule has 0 saturated carbocycles. The predicted octanol–water partition coefficient (Wildman–Crippen LogP) is 5.65. The molecule has 0 aliphatic carbocycles. The summed E-state index contributed by atoms with van der Waals surface area (Å²) >= 11 is 1.29. The smallest absolute Gasteiger partial charge is 0.255 e. The molecule has 1 unspecified atom stereocenters. The molecule has 10 rings (SSSR count). The molecule has 5 aliphatic rings. The lowest BCUT2D eigenvalue weighted by atomic mass is 9.89. The lowest BCUT2D eigenvalue weighted by Crippen LogP contribution is -2.49. The Morgan fingerprint density at radius 2 is 1.62 bits per heavy atom. The standard InChI is InChI=1S/C47H51FN10O4S/c48-38-27-33(26-36-37(38)28-58(46(36)62)43(45(61)53-47-49-15-25-63-47)42-40-2-1-16-57(40)29-50-42)31-5-9-35(10-6-31)56-23-21-55(22-24-56)20-19-54-17-13-32(14-18-54)30-3-7-34(8-4-30)51-39-11-12-41(59)52-44(39)60/h3-10,15,25-27,29,32,39,43,51H,1-2,11-14,16-24,28H2,(H,49,53,61)(H,52,59,60)/t39-,43?/m1/s1. The maximum atomic E-state index is 15.9. The zero-order chi connectivity index (χ0) is 43.0. The van der Waals surface area contributed by atoms with Gasteiger partial charge in [0.05, 0.1) is 18.6 Å². The average Bonchev–Trinajstić information content (AvgIpc) is 4.13. The van der Waals surface area contributed by atoms with Crippen LogP contribution in [0.25, 0.3) is 11.1 Å². The Kier molecular flexibility index (Phi) is 11.5. The van der Waals surface area contributed by atoms with Crippen molar-refractivity contribution in [3.63, 3.8) is 0 Å². The van der Waals surface area contributed by atoms with Gasteiger partial charge in [-0.1, -0.05) is 24.3 Å². The highest BCUT2D eigenvalue weighted by atomic mass is 32.1. The molecule has 3 aromatic carbocycles. The number of imidazole rings is 1. The molecular weight excluding hydrogens is 820 g/mol. The first-order valence-electron chi connectivity index (χ1n) is 22.1. The Hall–Kier alpha value is -5.97. The van der Waals surface area contributed by atoms with Crippen LogP contribution in [0.3, 0.4) is 0 Å². The van der Waals surface area contributed by atoms with Crippen LogP contribution in [-0.4, -0.2) is 111 Å². The van der Waals surface area contributed by atoms with Gasteiger partial charge < -0.3 is 24.6 Å². The van der Waals surface area contributed by atoms with Crippen molar-refractivity contribution >= 4 is 51.5 Å². The summed E-state index contributed by atoms with van der Waals surface area (Å²) in [5.41, 5.74) is 6.80. The summed E-state index contributed by atoms with van der Waals surface area (Å²) in [6.07, 6.45) is 8.14. The molecule has 0 radical (unpaired) electrons. The Labute approximate surface area is 369 Å². The molecule has 2 atom stereocenters. The van der Waals surface area contributed by atoms with E-state index in [2.05, 4.69) is 64.9 Å². The highest BCUT2D eigenvalue weighted by Gasteiger charge is 2.42. The first-order chi connectivity index (χ1) is 30.7. The monoisotopic (exact) mass is 870 g/mol. The number of nitrogens with zero attached hydrogens (tertiary/aromatic N) is 7. The Morgan fingerprint density at radius 1 is 0.857 bits per heavy atom. The zero-order valence-electron chi connectivity index (χ0n) is 35.1. The molecule has 7 heterocycles. The molecule has 0 bridgehead atoms. The van der Waals surface area contributed by atoms with Crippen molar-refractivity contribution in [2.24, 2.45) is 0 Å². The van der Waals surface area contributed by atoms with Crippen LogP contribution in [0.5, 0.6) is 0 Å². The van der Waals surface area contributed by atoms with E-state index in [0.29, 0.717) is 35.1 Å². The average molecular weight is 871 g/mol. The fraction of sp³-hybridized carbons (Fsp3) is 0.404. The van der Waals surface area contributed by atoms with E-state index in [4.69, 9.17) is 0 Å². The van der Waals surface area contributed by atoms with Gasteiger partial charge in [-0.25, -0.2) is 14.4 Å². The summed E-state index contributed by atoms with van der Waals surface area (Å²) < 4.78 is 18.0. The minimum absolute atomic E-state index is 0.0304. The van der Waals surface area contributed by atoms with E-state index in [0.717, 1.165) is 107 Å². The number of fused-ring (bicyclic) bond motifs is 2. The Morgan fingerprint density at radius 3 is 2.35 bits per heavy atom. The number of piperidine rings is 2. The molecular formula is C47H51FN10O4S. The second-order valence-electron chi connectivity index (χ2n) is 17.3. The van der Waals surface area contributed by atoms with Crippen molar-refractivity contribution < 1.29 is 23.6 Å². The van der Waals surface area contributed by atoms with Gasteiger partial charge in [-0.2, -0.15) is 0 Å². The number of thiazole rings is 1. The van der Waals surface area contributed by atoms with Crippen LogP contribution in [0.1, 0.15) is 76.9 Å².